The van der Waals surface area contributed by atoms with Gasteiger partial charge in [-0.15, -0.1) is 0 Å². The lowest BCUT2D eigenvalue weighted by atomic mass is 9.98. The SMILES string of the molecule is CCc1oc2c(O)c(O)c(O)c(O)c2c1C(=O)c1ccc(OC)cc1.CN. The molecule has 3 aromatic rings. The molecule has 8 nitrogen and oxygen atoms in total. The first kappa shape index (κ1) is 19.9. The van der Waals surface area contributed by atoms with Crippen LogP contribution in [0, 0.1) is 0 Å². The molecule has 0 aliphatic carbocycles. The summed E-state index contributed by atoms with van der Waals surface area (Å²) < 4.78 is 10.5. The maximum atomic E-state index is 12.9. The van der Waals surface area contributed by atoms with Crippen LogP contribution in [-0.4, -0.2) is 40.4 Å². The van der Waals surface area contributed by atoms with Crippen molar-refractivity contribution < 1.29 is 34.4 Å². The van der Waals surface area contributed by atoms with Gasteiger partial charge in [0.1, 0.15) is 11.5 Å². The topological polar surface area (TPSA) is 146 Å². The number of benzene rings is 2. The Balaban J connectivity index is 0.00000126. The average Bonchev–Trinajstić information content (AvgIpc) is 3.11. The molecule has 27 heavy (non-hydrogen) atoms. The van der Waals surface area contributed by atoms with E-state index in [-0.39, 0.29) is 22.3 Å². The number of methoxy groups -OCH3 is 1. The zero-order valence-corrected chi connectivity index (χ0v) is 15.1. The second-order valence-electron chi connectivity index (χ2n) is 5.41. The van der Waals surface area contributed by atoms with Crippen molar-refractivity contribution in [2.45, 2.75) is 13.3 Å². The molecule has 8 heteroatoms. The first-order chi connectivity index (χ1) is 12.9. The molecule has 0 bridgehead atoms. The maximum Gasteiger partial charge on any atom is 0.208 e. The van der Waals surface area contributed by atoms with Crippen LogP contribution in [0.15, 0.2) is 28.7 Å². The first-order valence-corrected chi connectivity index (χ1v) is 8.08. The Kier molecular flexibility index (Phi) is 5.81. The average molecular weight is 375 g/mol. The van der Waals surface area contributed by atoms with Crippen LogP contribution in [0.4, 0.5) is 0 Å². The fraction of sp³-hybridized carbons (Fsp3) is 0.211. The predicted molar refractivity (Wildman–Crippen MR) is 98.8 cm³/mol. The van der Waals surface area contributed by atoms with Crippen molar-refractivity contribution in [3.05, 3.63) is 41.2 Å². The van der Waals surface area contributed by atoms with Crippen molar-refractivity contribution in [3.63, 3.8) is 0 Å². The number of rotatable bonds is 4. The van der Waals surface area contributed by atoms with Gasteiger partial charge in [0.15, 0.2) is 17.1 Å². The summed E-state index contributed by atoms with van der Waals surface area (Å²) in [5, 5.41) is 39.4. The summed E-state index contributed by atoms with van der Waals surface area (Å²) in [5.74, 6) is -2.97. The molecule has 0 atom stereocenters. The standard InChI is InChI=1S/C18H16O7.CH5N/c1-3-10-11(13(19)8-4-6-9(24-2)7-5-8)12-14(20)15(21)16(22)17(23)18(12)25-10;1-2/h4-7,20-23H,3H2,1-2H3;2H2,1H3. The van der Waals surface area contributed by atoms with E-state index < -0.39 is 28.8 Å². The molecule has 0 spiro atoms. The van der Waals surface area contributed by atoms with E-state index in [0.29, 0.717) is 17.7 Å². The Morgan fingerprint density at radius 2 is 1.56 bits per heavy atom. The Morgan fingerprint density at radius 1 is 1.00 bits per heavy atom. The minimum Gasteiger partial charge on any atom is -0.504 e. The van der Waals surface area contributed by atoms with Gasteiger partial charge in [0.2, 0.25) is 17.2 Å². The smallest absolute Gasteiger partial charge is 0.208 e. The van der Waals surface area contributed by atoms with Gasteiger partial charge < -0.3 is 35.3 Å². The van der Waals surface area contributed by atoms with Crippen molar-refractivity contribution >= 4 is 16.8 Å². The van der Waals surface area contributed by atoms with Crippen LogP contribution < -0.4 is 10.5 Å². The summed E-state index contributed by atoms with van der Waals surface area (Å²) in [7, 11) is 3.01. The van der Waals surface area contributed by atoms with E-state index in [9.17, 15) is 25.2 Å². The number of carbonyl (C=O) groups excluding carboxylic acids is 1. The van der Waals surface area contributed by atoms with Crippen LogP contribution >= 0.6 is 0 Å². The molecule has 0 amide bonds. The molecule has 0 unspecified atom stereocenters. The largest absolute Gasteiger partial charge is 0.504 e. The molecular formula is C19H21NO7. The molecule has 0 radical (unpaired) electrons. The molecule has 0 aliphatic rings. The summed E-state index contributed by atoms with van der Waals surface area (Å²) in [6.45, 7) is 1.73. The van der Waals surface area contributed by atoms with Gasteiger partial charge in [0.25, 0.3) is 0 Å². The fourth-order valence-electron chi connectivity index (χ4n) is 2.70. The first-order valence-electron chi connectivity index (χ1n) is 8.08. The number of carbonyl (C=O) groups is 1. The van der Waals surface area contributed by atoms with Crippen molar-refractivity contribution in [1.82, 2.24) is 0 Å². The van der Waals surface area contributed by atoms with Gasteiger partial charge in [-0.25, -0.2) is 0 Å². The van der Waals surface area contributed by atoms with Gasteiger partial charge in [-0.1, -0.05) is 6.92 Å². The highest BCUT2D eigenvalue weighted by molar-refractivity contribution is 6.19. The van der Waals surface area contributed by atoms with Crippen molar-refractivity contribution in [2.24, 2.45) is 5.73 Å². The molecular weight excluding hydrogens is 354 g/mol. The van der Waals surface area contributed by atoms with Gasteiger partial charge in [0, 0.05) is 12.0 Å². The van der Waals surface area contributed by atoms with E-state index in [1.54, 1.807) is 31.2 Å². The molecule has 0 saturated heterocycles. The molecule has 1 aromatic heterocycles. The zero-order chi connectivity index (χ0) is 20.3. The summed E-state index contributed by atoms with van der Waals surface area (Å²) in [6, 6.07) is 6.33. The fourth-order valence-corrected chi connectivity index (χ4v) is 2.70. The second-order valence-corrected chi connectivity index (χ2v) is 5.41. The number of aromatic hydroxyl groups is 4. The zero-order valence-electron chi connectivity index (χ0n) is 15.1. The molecule has 3 rings (SSSR count). The number of ether oxygens (including phenoxy) is 1. The van der Waals surface area contributed by atoms with E-state index in [4.69, 9.17) is 9.15 Å². The molecule has 144 valence electrons. The molecule has 0 aliphatic heterocycles. The van der Waals surface area contributed by atoms with E-state index in [1.165, 1.54) is 14.2 Å². The third kappa shape index (κ3) is 3.22. The number of furan rings is 1. The Bertz CT molecular complexity index is 974. The minimum atomic E-state index is -0.919. The number of ketones is 1. The van der Waals surface area contributed by atoms with Crippen LogP contribution in [0.1, 0.15) is 28.6 Å². The van der Waals surface area contributed by atoms with Gasteiger partial charge in [-0.3, -0.25) is 4.79 Å². The summed E-state index contributed by atoms with van der Waals surface area (Å²) in [5.41, 5.74) is 4.57. The number of phenolic OH excluding ortho intramolecular Hbond substituents is 4. The normalized spacial score (nSPS) is 10.4. The Morgan fingerprint density at radius 3 is 2.07 bits per heavy atom. The lowest BCUT2D eigenvalue weighted by Crippen LogP contribution is -2.03. The van der Waals surface area contributed by atoms with Gasteiger partial charge in [-0.05, 0) is 31.3 Å². The van der Waals surface area contributed by atoms with Gasteiger partial charge >= 0.3 is 0 Å². The number of hydrogen-bond acceptors (Lipinski definition) is 8. The van der Waals surface area contributed by atoms with Crippen molar-refractivity contribution in [3.8, 4) is 28.7 Å². The quantitative estimate of drug-likeness (QED) is 0.266. The van der Waals surface area contributed by atoms with Crippen LogP contribution in [0.3, 0.4) is 0 Å². The molecule has 0 saturated carbocycles. The van der Waals surface area contributed by atoms with E-state index in [1.807, 2.05) is 0 Å². The number of phenols is 4. The number of nitrogens with two attached hydrogens (primary N) is 1. The number of hydrogen-bond donors (Lipinski definition) is 5. The van der Waals surface area contributed by atoms with Crippen LogP contribution in [0.5, 0.6) is 28.7 Å². The Labute approximate surface area is 155 Å². The van der Waals surface area contributed by atoms with E-state index >= 15 is 0 Å². The highest BCUT2D eigenvalue weighted by atomic mass is 16.5. The summed E-state index contributed by atoms with van der Waals surface area (Å²) >= 11 is 0. The van der Waals surface area contributed by atoms with Crippen molar-refractivity contribution in [1.29, 1.82) is 0 Å². The second kappa shape index (κ2) is 7.88. The van der Waals surface area contributed by atoms with Gasteiger partial charge in [-0.2, -0.15) is 0 Å². The highest BCUT2D eigenvalue weighted by Gasteiger charge is 2.29. The monoisotopic (exact) mass is 375 g/mol. The molecule has 0 fully saturated rings. The maximum absolute atomic E-state index is 12.9. The Hall–Kier alpha value is -3.39. The van der Waals surface area contributed by atoms with Crippen LogP contribution in [0.25, 0.3) is 11.0 Å². The highest BCUT2D eigenvalue weighted by Crippen LogP contribution is 2.51. The summed E-state index contributed by atoms with van der Waals surface area (Å²) in [4.78, 5) is 12.9. The third-order valence-corrected chi connectivity index (χ3v) is 4.01. The lowest BCUT2D eigenvalue weighted by molar-refractivity contribution is 0.103. The lowest BCUT2D eigenvalue weighted by Gasteiger charge is -2.06. The minimum absolute atomic E-state index is 0.0192. The molecule has 2 aromatic carbocycles. The van der Waals surface area contributed by atoms with Crippen LogP contribution in [0.2, 0.25) is 0 Å². The van der Waals surface area contributed by atoms with E-state index in [0.717, 1.165) is 0 Å². The number of aryl methyl sites for hydroxylation is 1. The number of fused-ring (bicyclic) bond motifs is 1. The molecule has 1 heterocycles. The van der Waals surface area contributed by atoms with Gasteiger partial charge in [0.05, 0.1) is 18.1 Å². The third-order valence-electron chi connectivity index (χ3n) is 4.01. The van der Waals surface area contributed by atoms with Crippen molar-refractivity contribution in [2.75, 3.05) is 14.2 Å². The van der Waals surface area contributed by atoms with E-state index in [2.05, 4.69) is 5.73 Å². The summed E-state index contributed by atoms with van der Waals surface area (Å²) in [6.07, 6.45) is 0.298. The predicted octanol–water partition coefficient (Wildman–Crippen LogP) is 2.63. The molecule has 6 N–H and O–H groups in total. The van der Waals surface area contributed by atoms with Crippen LogP contribution in [-0.2, 0) is 6.42 Å².